The van der Waals surface area contributed by atoms with Crippen molar-refractivity contribution in [2.24, 2.45) is 0 Å². The van der Waals surface area contributed by atoms with Crippen LogP contribution in [0, 0.1) is 0 Å². The molecule has 0 unspecified atom stereocenters. The molecule has 144 valence electrons. The first-order valence-corrected chi connectivity index (χ1v) is 8.62. The summed E-state index contributed by atoms with van der Waals surface area (Å²) in [5.41, 5.74) is 1.02. The fourth-order valence-corrected chi connectivity index (χ4v) is 2.89. The van der Waals surface area contributed by atoms with Gasteiger partial charge in [0.25, 0.3) is 0 Å². The third-order valence-corrected chi connectivity index (χ3v) is 4.33. The molecule has 1 aromatic heterocycles. The minimum absolute atomic E-state index is 0.0800. The van der Waals surface area contributed by atoms with Crippen molar-refractivity contribution in [2.75, 3.05) is 45.3 Å². The summed E-state index contributed by atoms with van der Waals surface area (Å²) in [6.45, 7) is 3.05. The molecule has 9 nitrogen and oxygen atoms in total. The normalized spacial score (nSPS) is 15.7. The molecule has 1 aliphatic rings. The van der Waals surface area contributed by atoms with Crippen LogP contribution in [0.3, 0.4) is 0 Å². The van der Waals surface area contributed by atoms with Gasteiger partial charge in [0.05, 0.1) is 26.4 Å². The smallest absolute Gasteiger partial charge is 0.314 e. The Morgan fingerprint density at radius 2 is 1.93 bits per heavy atom. The Kier molecular flexibility index (Phi) is 6.39. The number of nitrogens with one attached hydrogen (secondary N) is 2. The third kappa shape index (κ3) is 5.05. The Balaban J connectivity index is 1.65. The van der Waals surface area contributed by atoms with Gasteiger partial charge in [0.15, 0.2) is 5.82 Å². The van der Waals surface area contributed by atoms with Crippen LogP contribution in [0.25, 0.3) is 0 Å². The first kappa shape index (κ1) is 18.9. The second-order valence-corrected chi connectivity index (χ2v) is 5.99. The molecule has 1 saturated heterocycles. The number of carbonyl (C=O) groups excluding carboxylic acids is 2. The van der Waals surface area contributed by atoms with Gasteiger partial charge in [-0.2, -0.15) is 0 Å². The standard InChI is InChI=1S/C18H22N4O5/c1-25-14-4-2-13(3-5-14)15(22-7-10-26-11-8-22)12-19-17(23)18(24)20-16-6-9-27-21-16/h2-6,9,15H,7-8,10-12H2,1H3,(H,19,23)(H,20,21,24)/t15-/m1/s1. The van der Waals surface area contributed by atoms with Crippen molar-refractivity contribution < 1.29 is 23.6 Å². The van der Waals surface area contributed by atoms with Gasteiger partial charge in [0.2, 0.25) is 0 Å². The molecule has 2 aromatic rings. The van der Waals surface area contributed by atoms with Crippen molar-refractivity contribution in [1.82, 2.24) is 15.4 Å². The van der Waals surface area contributed by atoms with Gasteiger partial charge >= 0.3 is 11.8 Å². The maximum atomic E-state index is 12.1. The molecule has 0 aliphatic carbocycles. The fourth-order valence-electron chi connectivity index (χ4n) is 2.89. The summed E-state index contributed by atoms with van der Waals surface area (Å²) < 4.78 is 15.2. The lowest BCUT2D eigenvalue weighted by Gasteiger charge is -2.34. The van der Waals surface area contributed by atoms with E-state index in [1.165, 1.54) is 12.3 Å². The average Bonchev–Trinajstić information content (AvgIpc) is 3.22. The summed E-state index contributed by atoms with van der Waals surface area (Å²) in [5.74, 6) is -0.574. The monoisotopic (exact) mass is 374 g/mol. The fraction of sp³-hybridized carbons (Fsp3) is 0.389. The van der Waals surface area contributed by atoms with Crippen LogP contribution in [0.5, 0.6) is 5.75 Å². The van der Waals surface area contributed by atoms with Gasteiger partial charge in [-0.15, -0.1) is 0 Å². The number of carbonyl (C=O) groups is 2. The summed E-state index contributed by atoms with van der Waals surface area (Å²) in [6, 6.07) is 9.05. The molecule has 3 rings (SSSR count). The van der Waals surface area contributed by atoms with E-state index in [4.69, 9.17) is 9.47 Å². The molecular formula is C18H22N4O5. The van der Waals surface area contributed by atoms with Gasteiger partial charge < -0.3 is 19.3 Å². The number of hydrogen-bond acceptors (Lipinski definition) is 7. The van der Waals surface area contributed by atoms with Crippen molar-refractivity contribution in [1.29, 1.82) is 0 Å². The zero-order chi connectivity index (χ0) is 19.1. The Morgan fingerprint density at radius 3 is 2.56 bits per heavy atom. The first-order chi connectivity index (χ1) is 13.2. The van der Waals surface area contributed by atoms with E-state index in [0.717, 1.165) is 24.4 Å². The highest BCUT2D eigenvalue weighted by molar-refractivity contribution is 6.39. The molecule has 9 heteroatoms. The third-order valence-electron chi connectivity index (χ3n) is 4.33. The number of anilines is 1. The number of rotatable bonds is 6. The minimum Gasteiger partial charge on any atom is -0.497 e. The number of morpholine rings is 1. The number of aromatic nitrogens is 1. The zero-order valence-corrected chi connectivity index (χ0v) is 15.0. The lowest BCUT2D eigenvalue weighted by molar-refractivity contribution is -0.136. The van der Waals surface area contributed by atoms with E-state index in [1.54, 1.807) is 7.11 Å². The maximum absolute atomic E-state index is 12.1. The predicted molar refractivity (Wildman–Crippen MR) is 96.3 cm³/mol. The van der Waals surface area contributed by atoms with Gasteiger partial charge in [-0.05, 0) is 17.7 Å². The summed E-state index contributed by atoms with van der Waals surface area (Å²) in [4.78, 5) is 26.3. The van der Waals surface area contributed by atoms with Crippen molar-refractivity contribution in [3.8, 4) is 5.75 Å². The van der Waals surface area contributed by atoms with Gasteiger partial charge in [0.1, 0.15) is 12.0 Å². The largest absolute Gasteiger partial charge is 0.497 e. The average molecular weight is 374 g/mol. The highest BCUT2D eigenvalue weighted by Gasteiger charge is 2.24. The van der Waals surface area contributed by atoms with Crippen LogP contribution in [-0.4, -0.2) is 61.8 Å². The van der Waals surface area contributed by atoms with Crippen LogP contribution in [0.1, 0.15) is 11.6 Å². The highest BCUT2D eigenvalue weighted by Crippen LogP contribution is 2.23. The van der Waals surface area contributed by atoms with Crippen LogP contribution < -0.4 is 15.4 Å². The quantitative estimate of drug-likeness (QED) is 0.721. The van der Waals surface area contributed by atoms with Gasteiger partial charge in [-0.25, -0.2) is 0 Å². The molecule has 2 amide bonds. The minimum atomic E-state index is -0.792. The Bertz CT molecular complexity index is 742. The van der Waals surface area contributed by atoms with E-state index in [2.05, 4.69) is 25.2 Å². The molecule has 2 heterocycles. The summed E-state index contributed by atoms with van der Waals surface area (Å²) >= 11 is 0. The summed E-state index contributed by atoms with van der Waals surface area (Å²) in [5, 5.41) is 8.62. The lowest BCUT2D eigenvalue weighted by atomic mass is 10.0. The van der Waals surface area contributed by atoms with Crippen molar-refractivity contribution >= 4 is 17.6 Å². The van der Waals surface area contributed by atoms with E-state index in [1.807, 2.05) is 24.3 Å². The Morgan fingerprint density at radius 1 is 1.19 bits per heavy atom. The van der Waals surface area contributed by atoms with Crippen LogP contribution in [0.4, 0.5) is 5.82 Å². The van der Waals surface area contributed by atoms with Crippen molar-refractivity contribution in [3.63, 3.8) is 0 Å². The van der Waals surface area contributed by atoms with Gasteiger partial charge in [0, 0.05) is 25.7 Å². The van der Waals surface area contributed by atoms with Gasteiger partial charge in [-0.3, -0.25) is 19.8 Å². The van der Waals surface area contributed by atoms with E-state index < -0.39 is 11.8 Å². The van der Waals surface area contributed by atoms with E-state index in [-0.39, 0.29) is 18.4 Å². The molecule has 27 heavy (non-hydrogen) atoms. The SMILES string of the molecule is COc1ccc([C@@H](CNC(=O)C(=O)Nc2ccon2)N2CCOCC2)cc1. The summed E-state index contributed by atoms with van der Waals surface area (Å²) in [6.07, 6.45) is 1.31. The number of ether oxygens (including phenoxy) is 2. The van der Waals surface area contributed by atoms with Crippen LogP contribution in [0.2, 0.25) is 0 Å². The molecule has 0 bridgehead atoms. The van der Waals surface area contributed by atoms with Crippen LogP contribution >= 0.6 is 0 Å². The molecule has 0 saturated carbocycles. The first-order valence-electron chi connectivity index (χ1n) is 8.62. The number of amides is 2. The molecule has 1 fully saturated rings. The van der Waals surface area contributed by atoms with Crippen molar-refractivity contribution in [2.45, 2.75) is 6.04 Å². The number of methoxy groups -OCH3 is 1. The summed E-state index contributed by atoms with van der Waals surface area (Å²) in [7, 11) is 1.61. The molecule has 1 aromatic carbocycles. The number of benzene rings is 1. The molecule has 0 spiro atoms. The number of hydrogen-bond donors (Lipinski definition) is 2. The predicted octanol–water partition coefficient (Wildman–Crippen LogP) is 0.811. The van der Waals surface area contributed by atoms with Crippen LogP contribution in [-0.2, 0) is 14.3 Å². The molecule has 2 N–H and O–H groups in total. The molecule has 0 radical (unpaired) electrons. The second kappa shape index (κ2) is 9.15. The van der Waals surface area contributed by atoms with Crippen LogP contribution in [0.15, 0.2) is 41.1 Å². The lowest BCUT2D eigenvalue weighted by Crippen LogP contribution is -2.45. The molecule has 1 aliphatic heterocycles. The number of nitrogens with zero attached hydrogens (tertiary/aromatic N) is 2. The van der Waals surface area contributed by atoms with E-state index in [0.29, 0.717) is 13.2 Å². The molecule has 1 atom stereocenters. The zero-order valence-electron chi connectivity index (χ0n) is 15.0. The molecular weight excluding hydrogens is 352 g/mol. The Hall–Kier alpha value is -2.91. The second-order valence-electron chi connectivity index (χ2n) is 5.99. The topological polar surface area (TPSA) is 106 Å². The highest BCUT2D eigenvalue weighted by atomic mass is 16.5. The van der Waals surface area contributed by atoms with Gasteiger partial charge in [-0.1, -0.05) is 17.3 Å². The van der Waals surface area contributed by atoms with E-state index in [9.17, 15) is 9.59 Å². The maximum Gasteiger partial charge on any atom is 0.314 e. The van der Waals surface area contributed by atoms with E-state index >= 15 is 0 Å². The Labute approximate surface area is 156 Å². The van der Waals surface area contributed by atoms with Crippen molar-refractivity contribution in [3.05, 3.63) is 42.2 Å².